The molecule has 7 nitrogen and oxygen atoms in total. The minimum Gasteiger partial charge on any atom is -0.469 e. The summed E-state index contributed by atoms with van der Waals surface area (Å²) in [5.41, 5.74) is 1.06. The second kappa shape index (κ2) is 12.8. The zero-order chi connectivity index (χ0) is 22.7. The molecule has 0 aliphatic heterocycles. The zero-order valence-electron chi connectivity index (χ0n) is 18.0. The summed E-state index contributed by atoms with van der Waals surface area (Å²) >= 11 is 5.86. The van der Waals surface area contributed by atoms with Crippen molar-refractivity contribution in [3.8, 4) is 0 Å². The van der Waals surface area contributed by atoms with Crippen molar-refractivity contribution in [1.29, 1.82) is 0 Å². The van der Waals surface area contributed by atoms with E-state index in [4.69, 9.17) is 11.6 Å². The molecular formula is C22H30ClN3O4S. The molecule has 0 fully saturated rings. The minimum absolute atomic E-state index is 0.186. The minimum atomic E-state index is -3.64. The molecule has 2 aromatic rings. The third-order valence-electron chi connectivity index (χ3n) is 4.72. The van der Waals surface area contributed by atoms with Crippen LogP contribution in [0.5, 0.6) is 0 Å². The normalized spacial score (nSPS) is 12.6. The third-order valence-corrected chi connectivity index (χ3v) is 6.58. The van der Waals surface area contributed by atoms with E-state index in [2.05, 4.69) is 19.3 Å². The van der Waals surface area contributed by atoms with Gasteiger partial charge in [-0.05, 0) is 62.2 Å². The number of ether oxygens (including phenoxy) is 1. The molecule has 0 amide bonds. The lowest BCUT2D eigenvalue weighted by molar-refractivity contribution is -0.140. The maximum absolute atomic E-state index is 12.7. The number of methoxy groups -OCH3 is 1. The first-order valence-corrected chi connectivity index (χ1v) is 12.1. The van der Waals surface area contributed by atoms with E-state index >= 15 is 0 Å². The van der Waals surface area contributed by atoms with Gasteiger partial charge in [0.05, 0.1) is 12.0 Å². The van der Waals surface area contributed by atoms with Crippen molar-refractivity contribution < 1.29 is 17.9 Å². The Labute approximate surface area is 189 Å². The van der Waals surface area contributed by atoms with Crippen LogP contribution in [0.15, 0.2) is 53.7 Å². The predicted octanol–water partition coefficient (Wildman–Crippen LogP) is 3.64. The molecule has 0 spiro atoms. The number of unbranched alkanes of at least 4 members (excludes halogenated alkanes) is 2. The van der Waals surface area contributed by atoms with E-state index in [1.807, 2.05) is 25.3 Å². The summed E-state index contributed by atoms with van der Waals surface area (Å²) < 4.78 is 32.7. The molecule has 2 rings (SSSR count). The number of nitrogens with zero attached hydrogens (tertiary/aromatic N) is 2. The van der Waals surface area contributed by atoms with Crippen molar-refractivity contribution in [1.82, 2.24) is 14.6 Å². The van der Waals surface area contributed by atoms with Crippen molar-refractivity contribution in [3.63, 3.8) is 0 Å². The van der Waals surface area contributed by atoms with Crippen LogP contribution in [0.25, 0.3) is 0 Å². The maximum atomic E-state index is 12.7. The molecule has 1 heterocycles. The Hall–Kier alpha value is -2.00. The molecule has 1 atom stereocenters. The smallest absolute Gasteiger partial charge is 0.305 e. The van der Waals surface area contributed by atoms with Crippen molar-refractivity contribution in [2.24, 2.45) is 0 Å². The molecule has 0 aliphatic rings. The van der Waals surface area contributed by atoms with Gasteiger partial charge in [-0.25, -0.2) is 13.1 Å². The molecular weight excluding hydrogens is 438 g/mol. The summed E-state index contributed by atoms with van der Waals surface area (Å²) in [6.45, 7) is 3.83. The van der Waals surface area contributed by atoms with Gasteiger partial charge in [0.1, 0.15) is 0 Å². The first kappa shape index (κ1) is 25.3. The van der Waals surface area contributed by atoms with Crippen LogP contribution in [0.4, 0.5) is 0 Å². The number of sulfonamides is 1. The number of rotatable bonds is 13. The summed E-state index contributed by atoms with van der Waals surface area (Å²) in [7, 11) is -2.24. The highest BCUT2D eigenvalue weighted by Crippen LogP contribution is 2.15. The van der Waals surface area contributed by atoms with E-state index in [-0.39, 0.29) is 16.9 Å². The SMILES string of the molecule is COC(=O)CCCCCN(Cc1cccnc1)CC(C)NS(=O)(=O)c1ccc(Cl)cc1. The molecule has 0 saturated carbocycles. The van der Waals surface area contributed by atoms with Crippen LogP contribution < -0.4 is 4.72 Å². The van der Waals surface area contributed by atoms with Gasteiger partial charge in [0, 0.05) is 43.0 Å². The Morgan fingerprint density at radius 1 is 1.19 bits per heavy atom. The summed E-state index contributed by atoms with van der Waals surface area (Å²) in [4.78, 5) is 17.8. The number of nitrogens with one attached hydrogen (secondary N) is 1. The van der Waals surface area contributed by atoms with Gasteiger partial charge in [-0.3, -0.25) is 14.7 Å². The molecule has 1 N–H and O–H groups in total. The molecule has 9 heteroatoms. The number of hydrogen-bond donors (Lipinski definition) is 1. The largest absolute Gasteiger partial charge is 0.469 e. The number of halogens is 1. The van der Waals surface area contributed by atoms with Gasteiger partial charge in [0.2, 0.25) is 10.0 Å². The van der Waals surface area contributed by atoms with Gasteiger partial charge >= 0.3 is 5.97 Å². The Bertz CT molecular complexity index is 908. The Morgan fingerprint density at radius 2 is 1.94 bits per heavy atom. The highest BCUT2D eigenvalue weighted by atomic mass is 35.5. The van der Waals surface area contributed by atoms with Crippen molar-refractivity contribution >= 4 is 27.6 Å². The Kier molecular flexibility index (Phi) is 10.4. The number of hydrogen-bond acceptors (Lipinski definition) is 6. The van der Waals surface area contributed by atoms with Crippen molar-refractivity contribution in [2.45, 2.75) is 50.1 Å². The fraction of sp³-hybridized carbons (Fsp3) is 0.455. The molecule has 170 valence electrons. The lowest BCUT2D eigenvalue weighted by Crippen LogP contribution is -2.42. The van der Waals surface area contributed by atoms with Crippen molar-refractivity contribution in [2.75, 3.05) is 20.2 Å². The van der Waals surface area contributed by atoms with Gasteiger partial charge in [-0.2, -0.15) is 0 Å². The number of esters is 1. The van der Waals surface area contributed by atoms with E-state index in [0.29, 0.717) is 24.5 Å². The highest BCUT2D eigenvalue weighted by Gasteiger charge is 2.19. The predicted molar refractivity (Wildman–Crippen MR) is 121 cm³/mol. The van der Waals surface area contributed by atoms with Gasteiger partial charge in [-0.1, -0.05) is 24.1 Å². The topological polar surface area (TPSA) is 88.6 Å². The zero-order valence-corrected chi connectivity index (χ0v) is 19.5. The average Bonchev–Trinajstić information content (AvgIpc) is 2.73. The number of pyridine rings is 1. The van der Waals surface area contributed by atoms with Gasteiger partial charge in [-0.15, -0.1) is 0 Å². The molecule has 0 radical (unpaired) electrons. The van der Waals surface area contributed by atoms with Gasteiger partial charge in [0.25, 0.3) is 0 Å². The summed E-state index contributed by atoms with van der Waals surface area (Å²) in [6.07, 6.45) is 6.51. The monoisotopic (exact) mass is 467 g/mol. The summed E-state index contributed by atoms with van der Waals surface area (Å²) in [6, 6.07) is 9.69. The maximum Gasteiger partial charge on any atom is 0.305 e. The van der Waals surface area contributed by atoms with Gasteiger partial charge in [0.15, 0.2) is 0 Å². The van der Waals surface area contributed by atoms with E-state index in [0.717, 1.165) is 31.4 Å². The molecule has 1 aromatic heterocycles. The molecule has 0 saturated heterocycles. The Balaban J connectivity index is 1.94. The fourth-order valence-electron chi connectivity index (χ4n) is 3.24. The number of aromatic nitrogens is 1. The second-order valence-electron chi connectivity index (χ2n) is 7.46. The lowest BCUT2D eigenvalue weighted by Gasteiger charge is -2.26. The summed E-state index contributed by atoms with van der Waals surface area (Å²) in [5.74, 6) is -0.197. The van der Waals surface area contributed by atoms with E-state index in [1.165, 1.54) is 19.2 Å². The summed E-state index contributed by atoms with van der Waals surface area (Å²) in [5, 5.41) is 0.488. The van der Waals surface area contributed by atoms with Gasteiger partial charge < -0.3 is 4.74 Å². The second-order valence-corrected chi connectivity index (χ2v) is 9.61. The van der Waals surface area contributed by atoms with Crippen LogP contribution in [0, 0.1) is 0 Å². The van der Waals surface area contributed by atoms with E-state index < -0.39 is 10.0 Å². The molecule has 0 bridgehead atoms. The van der Waals surface area contributed by atoms with E-state index in [9.17, 15) is 13.2 Å². The molecule has 1 aromatic carbocycles. The van der Waals surface area contributed by atoms with Crippen LogP contribution in [-0.2, 0) is 26.1 Å². The number of benzene rings is 1. The van der Waals surface area contributed by atoms with Crippen LogP contribution in [0.3, 0.4) is 0 Å². The molecule has 31 heavy (non-hydrogen) atoms. The number of carbonyl (C=O) groups excluding carboxylic acids is 1. The first-order valence-electron chi connectivity index (χ1n) is 10.3. The quantitative estimate of drug-likeness (QED) is 0.357. The Morgan fingerprint density at radius 3 is 2.58 bits per heavy atom. The average molecular weight is 468 g/mol. The lowest BCUT2D eigenvalue weighted by atomic mass is 10.1. The third kappa shape index (κ3) is 9.35. The van der Waals surface area contributed by atoms with Crippen LogP contribution in [0.2, 0.25) is 5.02 Å². The van der Waals surface area contributed by atoms with E-state index in [1.54, 1.807) is 18.3 Å². The highest BCUT2D eigenvalue weighted by molar-refractivity contribution is 7.89. The van der Waals surface area contributed by atoms with Crippen LogP contribution >= 0.6 is 11.6 Å². The van der Waals surface area contributed by atoms with Crippen molar-refractivity contribution in [3.05, 3.63) is 59.4 Å². The standard InChI is InChI=1S/C22H30ClN3O4S/c1-18(25-31(28,29)21-11-9-20(23)10-12-21)16-26(17-19-7-6-13-24-15-19)14-5-3-4-8-22(27)30-2/h6-7,9-13,15,18,25H,3-5,8,14,16-17H2,1-2H3. The number of carbonyl (C=O) groups is 1. The first-order chi connectivity index (χ1) is 14.8. The van der Waals surface area contributed by atoms with Crippen LogP contribution in [-0.4, -0.2) is 50.5 Å². The molecule has 0 aliphatic carbocycles. The molecule has 1 unspecified atom stereocenters. The fourth-order valence-corrected chi connectivity index (χ4v) is 4.60. The van der Waals surface area contributed by atoms with Crippen LogP contribution in [0.1, 0.15) is 38.2 Å².